The third kappa shape index (κ3) is 3.86. The Morgan fingerprint density at radius 1 is 1.11 bits per heavy atom. The fraction of sp³-hybridized carbons (Fsp3) is 0.188. The van der Waals surface area contributed by atoms with Gasteiger partial charge in [0, 0.05) is 11.0 Å². The largest absolute Gasteiger partial charge is 0.478 e. The van der Waals surface area contributed by atoms with E-state index in [-0.39, 0.29) is 0 Å². The van der Waals surface area contributed by atoms with E-state index in [1.165, 1.54) is 5.56 Å². The summed E-state index contributed by atoms with van der Waals surface area (Å²) < 4.78 is 0. The first-order chi connectivity index (χ1) is 9.16. The minimum absolute atomic E-state index is 0.338. The Labute approximate surface area is 117 Å². The predicted octanol–water partition coefficient (Wildman–Crippen LogP) is 4.38. The molecule has 1 unspecified atom stereocenters. The zero-order valence-electron chi connectivity index (χ0n) is 10.7. The number of carboxylic acid groups (broad SMARTS) is 1. The average molecular weight is 272 g/mol. The smallest absolute Gasteiger partial charge is 0.335 e. The van der Waals surface area contributed by atoms with Crippen LogP contribution < -0.4 is 0 Å². The van der Waals surface area contributed by atoms with Crippen LogP contribution in [0.2, 0.25) is 0 Å². The van der Waals surface area contributed by atoms with Gasteiger partial charge in [0.15, 0.2) is 0 Å². The predicted molar refractivity (Wildman–Crippen MR) is 79.6 cm³/mol. The summed E-state index contributed by atoms with van der Waals surface area (Å²) in [5.41, 5.74) is 2.80. The van der Waals surface area contributed by atoms with Crippen LogP contribution in [0.3, 0.4) is 0 Å². The van der Waals surface area contributed by atoms with E-state index in [9.17, 15) is 4.79 Å². The highest BCUT2D eigenvalue weighted by atomic mass is 32.2. The number of rotatable bonds is 5. The van der Waals surface area contributed by atoms with Crippen molar-refractivity contribution in [1.82, 2.24) is 0 Å². The lowest BCUT2D eigenvalue weighted by Gasteiger charge is -2.11. The van der Waals surface area contributed by atoms with Gasteiger partial charge in [0.1, 0.15) is 0 Å². The average Bonchev–Trinajstić information content (AvgIpc) is 2.46. The Hall–Kier alpha value is -1.74. The van der Waals surface area contributed by atoms with Crippen molar-refractivity contribution < 1.29 is 9.90 Å². The molecule has 2 aromatic rings. The van der Waals surface area contributed by atoms with Crippen LogP contribution in [0.1, 0.15) is 33.7 Å². The van der Waals surface area contributed by atoms with Gasteiger partial charge in [-0.1, -0.05) is 42.5 Å². The molecule has 0 saturated carbocycles. The quantitative estimate of drug-likeness (QED) is 0.877. The van der Waals surface area contributed by atoms with Gasteiger partial charge in [-0.15, -0.1) is 11.8 Å². The zero-order chi connectivity index (χ0) is 13.7. The number of carboxylic acids is 1. The molecule has 0 aliphatic rings. The molecule has 0 aromatic heterocycles. The van der Waals surface area contributed by atoms with E-state index in [2.05, 4.69) is 19.1 Å². The number of carbonyl (C=O) groups is 1. The monoisotopic (exact) mass is 272 g/mol. The van der Waals surface area contributed by atoms with Crippen molar-refractivity contribution in [3.8, 4) is 0 Å². The van der Waals surface area contributed by atoms with Gasteiger partial charge in [-0.2, -0.15) is 0 Å². The lowest BCUT2D eigenvalue weighted by atomic mass is 10.1. The molecular weight excluding hydrogens is 256 g/mol. The fourth-order valence-electron chi connectivity index (χ4n) is 1.79. The van der Waals surface area contributed by atoms with Gasteiger partial charge in [-0.3, -0.25) is 0 Å². The van der Waals surface area contributed by atoms with E-state index >= 15 is 0 Å². The summed E-state index contributed by atoms with van der Waals surface area (Å²) >= 11 is 1.85. The van der Waals surface area contributed by atoms with Crippen LogP contribution in [0, 0.1) is 0 Å². The Kier molecular flexibility index (Phi) is 4.63. The molecule has 0 bridgehead atoms. The lowest BCUT2D eigenvalue weighted by Crippen LogP contribution is -1.96. The van der Waals surface area contributed by atoms with Gasteiger partial charge >= 0.3 is 5.97 Å². The lowest BCUT2D eigenvalue weighted by molar-refractivity contribution is 0.0697. The molecule has 0 heterocycles. The van der Waals surface area contributed by atoms with E-state index in [1.807, 2.05) is 42.1 Å². The Morgan fingerprint density at radius 3 is 2.32 bits per heavy atom. The van der Waals surface area contributed by atoms with E-state index in [1.54, 1.807) is 12.1 Å². The second-order valence-corrected chi connectivity index (χ2v) is 5.70. The molecule has 2 aromatic carbocycles. The van der Waals surface area contributed by atoms with Crippen molar-refractivity contribution in [2.75, 3.05) is 0 Å². The molecule has 0 aliphatic carbocycles. The number of hydrogen-bond donors (Lipinski definition) is 1. The van der Waals surface area contributed by atoms with Gasteiger partial charge in [-0.05, 0) is 30.2 Å². The summed E-state index contributed by atoms with van der Waals surface area (Å²) in [6.07, 6.45) is 0. The first-order valence-corrected chi connectivity index (χ1v) is 7.20. The maximum Gasteiger partial charge on any atom is 0.335 e. The van der Waals surface area contributed by atoms with Crippen LogP contribution in [0.25, 0.3) is 0 Å². The molecule has 2 rings (SSSR count). The highest BCUT2D eigenvalue weighted by Crippen LogP contribution is 2.30. The summed E-state index contributed by atoms with van der Waals surface area (Å²) in [6, 6.07) is 17.5. The van der Waals surface area contributed by atoms with Crippen molar-refractivity contribution in [1.29, 1.82) is 0 Å². The SMILES string of the molecule is CC(SCc1ccc(C(=O)O)cc1)c1ccccc1. The first kappa shape index (κ1) is 13.7. The zero-order valence-corrected chi connectivity index (χ0v) is 11.6. The van der Waals surface area contributed by atoms with Crippen LogP contribution in [-0.4, -0.2) is 11.1 Å². The third-order valence-electron chi connectivity index (χ3n) is 2.97. The number of hydrogen-bond acceptors (Lipinski definition) is 2. The van der Waals surface area contributed by atoms with Crippen molar-refractivity contribution in [3.63, 3.8) is 0 Å². The molecule has 2 nitrogen and oxygen atoms in total. The molecule has 0 radical (unpaired) electrons. The topological polar surface area (TPSA) is 37.3 Å². The van der Waals surface area contributed by atoms with Crippen LogP contribution in [0.5, 0.6) is 0 Å². The summed E-state index contributed by atoms with van der Waals surface area (Å²) in [5, 5.41) is 9.27. The summed E-state index contributed by atoms with van der Waals surface area (Å²) in [6.45, 7) is 2.19. The molecule has 0 spiro atoms. The highest BCUT2D eigenvalue weighted by Gasteiger charge is 2.06. The molecular formula is C16H16O2S. The minimum Gasteiger partial charge on any atom is -0.478 e. The first-order valence-electron chi connectivity index (χ1n) is 6.15. The number of aromatic carboxylic acids is 1. The fourth-order valence-corrected chi connectivity index (χ4v) is 2.77. The van der Waals surface area contributed by atoms with Crippen molar-refractivity contribution in [2.45, 2.75) is 17.9 Å². The molecule has 0 saturated heterocycles. The summed E-state index contributed by atoms with van der Waals surface area (Å²) in [4.78, 5) is 10.8. The standard InChI is InChI=1S/C16H16O2S/c1-12(14-5-3-2-4-6-14)19-11-13-7-9-15(10-8-13)16(17)18/h2-10,12H,11H2,1H3,(H,17,18). The van der Waals surface area contributed by atoms with Crippen molar-refractivity contribution >= 4 is 17.7 Å². The van der Waals surface area contributed by atoms with E-state index in [0.717, 1.165) is 11.3 Å². The van der Waals surface area contributed by atoms with Crippen LogP contribution in [0.4, 0.5) is 0 Å². The van der Waals surface area contributed by atoms with E-state index in [0.29, 0.717) is 10.8 Å². The second kappa shape index (κ2) is 6.43. The molecule has 3 heteroatoms. The van der Waals surface area contributed by atoms with Gasteiger partial charge in [0.2, 0.25) is 0 Å². The van der Waals surface area contributed by atoms with Crippen LogP contribution in [-0.2, 0) is 5.75 Å². The Balaban J connectivity index is 1.93. The molecule has 98 valence electrons. The highest BCUT2D eigenvalue weighted by molar-refractivity contribution is 7.98. The van der Waals surface area contributed by atoms with Crippen molar-refractivity contribution in [3.05, 3.63) is 71.3 Å². The molecule has 1 N–H and O–H groups in total. The second-order valence-electron chi connectivity index (χ2n) is 4.37. The van der Waals surface area contributed by atoms with Crippen LogP contribution in [0.15, 0.2) is 54.6 Å². The van der Waals surface area contributed by atoms with Gasteiger partial charge in [-0.25, -0.2) is 4.79 Å². The van der Waals surface area contributed by atoms with E-state index < -0.39 is 5.97 Å². The van der Waals surface area contributed by atoms with Gasteiger partial charge in [0.25, 0.3) is 0 Å². The third-order valence-corrected chi connectivity index (χ3v) is 4.24. The number of thioether (sulfide) groups is 1. The summed E-state index contributed by atoms with van der Waals surface area (Å²) in [5.74, 6) is 0.00697. The Bertz CT molecular complexity index is 534. The normalized spacial score (nSPS) is 12.1. The van der Waals surface area contributed by atoms with E-state index in [4.69, 9.17) is 5.11 Å². The Morgan fingerprint density at radius 2 is 1.74 bits per heavy atom. The maximum atomic E-state index is 10.8. The van der Waals surface area contributed by atoms with Gasteiger partial charge in [0.05, 0.1) is 5.56 Å². The molecule has 0 fully saturated rings. The summed E-state index contributed by atoms with van der Waals surface area (Å²) in [7, 11) is 0. The minimum atomic E-state index is -0.878. The molecule has 0 amide bonds. The number of benzene rings is 2. The van der Waals surface area contributed by atoms with Crippen molar-refractivity contribution in [2.24, 2.45) is 0 Å². The van der Waals surface area contributed by atoms with Crippen LogP contribution >= 0.6 is 11.8 Å². The maximum absolute atomic E-state index is 10.8. The molecule has 1 atom stereocenters. The van der Waals surface area contributed by atoms with Gasteiger partial charge < -0.3 is 5.11 Å². The molecule has 0 aliphatic heterocycles. The molecule has 19 heavy (non-hydrogen) atoms.